The van der Waals surface area contributed by atoms with Crippen LogP contribution in [-0.4, -0.2) is 16.9 Å². The molecule has 7 heteroatoms. The topological polar surface area (TPSA) is 70.2 Å². The number of hydrogen-bond donors (Lipinski definition) is 3. The highest BCUT2D eigenvalue weighted by molar-refractivity contribution is 7.80. The lowest BCUT2D eigenvalue weighted by Gasteiger charge is -2.19. The maximum atomic E-state index is 12.2. The summed E-state index contributed by atoms with van der Waals surface area (Å²) >= 11 is 11.0. The lowest BCUT2D eigenvalue weighted by atomic mass is 9.87. The van der Waals surface area contributed by atoms with Crippen LogP contribution < -0.4 is 16.2 Å². The second kappa shape index (κ2) is 8.29. The van der Waals surface area contributed by atoms with Crippen molar-refractivity contribution < 1.29 is 9.59 Å². The standard InChI is InChI=1S/C19H20ClN3O2S/c1-19(2,3)13-10-8-12(9-11-13)16(24)22-23-18(26)21-17(25)14-6-4-5-7-15(14)20/h4-11H,1-3H3,(H,22,24)(H2,21,23,25,26). The van der Waals surface area contributed by atoms with E-state index in [-0.39, 0.29) is 16.4 Å². The Morgan fingerprint density at radius 3 is 2.12 bits per heavy atom. The fraction of sp³-hybridized carbons (Fsp3) is 0.211. The molecule has 2 rings (SSSR count). The first-order valence-corrected chi connectivity index (χ1v) is 8.74. The molecule has 0 heterocycles. The second-order valence-electron chi connectivity index (χ2n) is 6.67. The molecule has 0 aliphatic heterocycles. The molecule has 0 aliphatic carbocycles. The molecule has 0 aromatic heterocycles. The molecule has 2 aromatic carbocycles. The summed E-state index contributed by atoms with van der Waals surface area (Å²) in [6.07, 6.45) is 0. The number of hydrazine groups is 1. The van der Waals surface area contributed by atoms with Crippen LogP contribution in [0.15, 0.2) is 48.5 Å². The first-order chi connectivity index (χ1) is 12.2. The molecule has 136 valence electrons. The van der Waals surface area contributed by atoms with Crippen molar-refractivity contribution in [1.82, 2.24) is 16.2 Å². The molecule has 0 fully saturated rings. The number of hydrogen-bond acceptors (Lipinski definition) is 3. The highest BCUT2D eigenvalue weighted by Gasteiger charge is 2.15. The average molecular weight is 390 g/mol. The number of carbonyl (C=O) groups is 2. The fourth-order valence-corrected chi connectivity index (χ4v) is 2.52. The molecule has 0 spiro atoms. The van der Waals surface area contributed by atoms with Gasteiger partial charge >= 0.3 is 0 Å². The van der Waals surface area contributed by atoms with Gasteiger partial charge in [0.05, 0.1) is 10.6 Å². The molecular weight excluding hydrogens is 370 g/mol. The van der Waals surface area contributed by atoms with Crippen LogP contribution in [0.2, 0.25) is 5.02 Å². The van der Waals surface area contributed by atoms with Crippen molar-refractivity contribution in [3.8, 4) is 0 Å². The molecule has 0 bridgehead atoms. The van der Waals surface area contributed by atoms with E-state index in [2.05, 4.69) is 36.9 Å². The molecule has 0 saturated carbocycles. The fourth-order valence-electron chi connectivity index (χ4n) is 2.15. The van der Waals surface area contributed by atoms with Gasteiger partial charge in [0.1, 0.15) is 0 Å². The van der Waals surface area contributed by atoms with Gasteiger partial charge in [0.25, 0.3) is 11.8 Å². The summed E-state index contributed by atoms with van der Waals surface area (Å²) in [6, 6.07) is 13.9. The largest absolute Gasteiger partial charge is 0.298 e. The van der Waals surface area contributed by atoms with E-state index in [0.717, 1.165) is 5.56 Å². The van der Waals surface area contributed by atoms with Gasteiger partial charge in [0.15, 0.2) is 5.11 Å². The molecule has 3 N–H and O–H groups in total. The number of rotatable bonds is 2. The summed E-state index contributed by atoms with van der Waals surface area (Å²) in [5.74, 6) is -0.823. The van der Waals surface area contributed by atoms with Gasteiger partial charge in [-0.2, -0.15) is 0 Å². The quantitative estimate of drug-likeness (QED) is 0.542. The minimum atomic E-state index is -0.461. The average Bonchev–Trinajstić information content (AvgIpc) is 2.59. The second-order valence-corrected chi connectivity index (χ2v) is 7.49. The number of carbonyl (C=O) groups excluding carboxylic acids is 2. The molecule has 0 aliphatic rings. The van der Waals surface area contributed by atoms with E-state index in [1.54, 1.807) is 36.4 Å². The van der Waals surface area contributed by atoms with Crippen molar-refractivity contribution in [3.05, 3.63) is 70.2 Å². The molecule has 0 atom stereocenters. The minimum Gasteiger partial charge on any atom is -0.298 e. The maximum absolute atomic E-state index is 12.2. The summed E-state index contributed by atoms with van der Waals surface area (Å²) in [7, 11) is 0. The van der Waals surface area contributed by atoms with Gasteiger partial charge in [-0.1, -0.05) is 56.6 Å². The first kappa shape index (κ1) is 19.9. The summed E-state index contributed by atoms with van der Waals surface area (Å²) < 4.78 is 0. The predicted molar refractivity (Wildman–Crippen MR) is 107 cm³/mol. The van der Waals surface area contributed by atoms with Gasteiger partial charge < -0.3 is 0 Å². The Morgan fingerprint density at radius 2 is 1.54 bits per heavy atom. The molecule has 2 amide bonds. The molecular formula is C19H20ClN3O2S. The number of benzene rings is 2. The Hall–Kier alpha value is -2.44. The molecule has 2 aromatic rings. The highest BCUT2D eigenvalue weighted by Crippen LogP contribution is 2.22. The lowest BCUT2D eigenvalue weighted by Crippen LogP contribution is -2.48. The van der Waals surface area contributed by atoms with Crippen molar-refractivity contribution in [2.45, 2.75) is 26.2 Å². The van der Waals surface area contributed by atoms with E-state index in [0.29, 0.717) is 16.1 Å². The van der Waals surface area contributed by atoms with Crippen molar-refractivity contribution >= 4 is 40.7 Å². The Kier molecular flexibility index (Phi) is 6.34. The van der Waals surface area contributed by atoms with Gasteiger partial charge in [-0.05, 0) is 47.5 Å². The van der Waals surface area contributed by atoms with Crippen LogP contribution in [0.3, 0.4) is 0 Å². The monoisotopic (exact) mass is 389 g/mol. The van der Waals surface area contributed by atoms with E-state index in [9.17, 15) is 9.59 Å². The Morgan fingerprint density at radius 1 is 0.923 bits per heavy atom. The molecule has 0 radical (unpaired) electrons. The Bertz CT molecular complexity index is 829. The number of nitrogens with one attached hydrogen (secondary N) is 3. The Labute approximate surface area is 163 Å². The zero-order chi connectivity index (χ0) is 19.3. The van der Waals surface area contributed by atoms with Gasteiger partial charge in [0, 0.05) is 5.56 Å². The first-order valence-electron chi connectivity index (χ1n) is 7.95. The van der Waals surface area contributed by atoms with Crippen molar-refractivity contribution in [2.24, 2.45) is 0 Å². The zero-order valence-electron chi connectivity index (χ0n) is 14.7. The van der Waals surface area contributed by atoms with Gasteiger partial charge in [-0.15, -0.1) is 0 Å². The van der Waals surface area contributed by atoms with Crippen LogP contribution in [0.5, 0.6) is 0 Å². The summed E-state index contributed by atoms with van der Waals surface area (Å²) in [6.45, 7) is 6.30. The highest BCUT2D eigenvalue weighted by atomic mass is 35.5. The van der Waals surface area contributed by atoms with Crippen LogP contribution in [0.25, 0.3) is 0 Å². The summed E-state index contributed by atoms with van der Waals surface area (Å²) in [5, 5.41) is 2.74. The molecule has 26 heavy (non-hydrogen) atoms. The minimum absolute atomic E-state index is 0.0117. The molecule has 0 unspecified atom stereocenters. The summed E-state index contributed by atoms with van der Waals surface area (Å²) in [5.41, 5.74) is 6.87. The zero-order valence-corrected chi connectivity index (χ0v) is 16.3. The maximum Gasteiger partial charge on any atom is 0.269 e. The van der Waals surface area contributed by atoms with Crippen LogP contribution >= 0.6 is 23.8 Å². The normalized spacial score (nSPS) is 10.8. The van der Waals surface area contributed by atoms with Crippen molar-refractivity contribution in [2.75, 3.05) is 0 Å². The van der Waals surface area contributed by atoms with E-state index in [4.69, 9.17) is 23.8 Å². The van der Waals surface area contributed by atoms with E-state index >= 15 is 0 Å². The Balaban J connectivity index is 1.90. The van der Waals surface area contributed by atoms with Crippen LogP contribution in [0, 0.1) is 0 Å². The van der Waals surface area contributed by atoms with Crippen LogP contribution in [0.1, 0.15) is 47.1 Å². The number of amides is 2. The predicted octanol–water partition coefficient (Wildman–Crippen LogP) is 3.59. The number of halogens is 1. The SMILES string of the molecule is CC(C)(C)c1ccc(C(=O)NNC(=S)NC(=O)c2ccccc2Cl)cc1. The van der Waals surface area contributed by atoms with Crippen molar-refractivity contribution in [1.29, 1.82) is 0 Å². The molecule has 0 saturated heterocycles. The summed E-state index contributed by atoms with van der Waals surface area (Å²) in [4.78, 5) is 24.2. The van der Waals surface area contributed by atoms with E-state index < -0.39 is 5.91 Å². The number of thiocarbonyl (C=S) groups is 1. The van der Waals surface area contributed by atoms with Crippen LogP contribution in [0.4, 0.5) is 0 Å². The van der Waals surface area contributed by atoms with Gasteiger partial charge in [-0.3, -0.25) is 25.8 Å². The lowest BCUT2D eigenvalue weighted by molar-refractivity contribution is 0.0934. The smallest absolute Gasteiger partial charge is 0.269 e. The third-order valence-electron chi connectivity index (χ3n) is 3.65. The third kappa shape index (κ3) is 5.28. The van der Waals surface area contributed by atoms with Crippen molar-refractivity contribution in [3.63, 3.8) is 0 Å². The van der Waals surface area contributed by atoms with Crippen LogP contribution in [-0.2, 0) is 5.41 Å². The third-order valence-corrected chi connectivity index (χ3v) is 4.18. The van der Waals surface area contributed by atoms with E-state index in [1.165, 1.54) is 0 Å². The van der Waals surface area contributed by atoms with Gasteiger partial charge in [0.2, 0.25) is 0 Å². The van der Waals surface area contributed by atoms with Gasteiger partial charge in [-0.25, -0.2) is 0 Å². The molecule has 5 nitrogen and oxygen atoms in total. The van der Waals surface area contributed by atoms with E-state index in [1.807, 2.05) is 12.1 Å².